The second-order valence-corrected chi connectivity index (χ2v) is 8.70. The summed E-state index contributed by atoms with van der Waals surface area (Å²) in [5.74, 6) is -0.215. The molecule has 0 radical (unpaired) electrons. The van der Waals surface area contributed by atoms with Crippen LogP contribution < -0.4 is 14.4 Å². The van der Waals surface area contributed by atoms with E-state index in [4.69, 9.17) is 4.74 Å². The lowest BCUT2D eigenvalue weighted by Crippen LogP contribution is -2.50. The second-order valence-electron chi connectivity index (χ2n) is 6.84. The number of amides is 1. The molecule has 29 heavy (non-hydrogen) atoms. The number of hydrogen-bond donors (Lipinski definition) is 1. The Labute approximate surface area is 171 Å². The highest BCUT2D eigenvalue weighted by Gasteiger charge is 2.31. The highest BCUT2D eigenvalue weighted by Crippen LogP contribution is 2.23. The van der Waals surface area contributed by atoms with Gasteiger partial charge in [0, 0.05) is 0 Å². The van der Waals surface area contributed by atoms with Gasteiger partial charge in [-0.15, -0.1) is 0 Å². The van der Waals surface area contributed by atoms with Crippen LogP contribution >= 0.6 is 0 Å². The molecule has 1 amide bonds. The molecule has 1 unspecified atom stereocenters. The van der Waals surface area contributed by atoms with Crippen LogP contribution in [0.2, 0.25) is 0 Å². The maximum Gasteiger partial charge on any atom is 0.244 e. The average molecular weight is 423 g/mol. The normalized spacial score (nSPS) is 12.3. The highest BCUT2D eigenvalue weighted by atomic mass is 32.2. The van der Waals surface area contributed by atoms with Gasteiger partial charge in [-0.25, -0.2) is 12.8 Å². The molecule has 0 heterocycles. The van der Waals surface area contributed by atoms with Crippen molar-refractivity contribution in [1.29, 1.82) is 0 Å². The fourth-order valence-corrected chi connectivity index (χ4v) is 4.12. The number of anilines is 1. The molecule has 1 N–H and O–H groups in total. The Kier molecular flexibility index (Phi) is 7.61. The van der Waals surface area contributed by atoms with Gasteiger partial charge in [0.2, 0.25) is 15.9 Å². The maximum atomic E-state index is 13.2. The van der Waals surface area contributed by atoms with Gasteiger partial charge in [-0.2, -0.15) is 0 Å². The molecule has 0 saturated heterocycles. The molecule has 0 aliphatic rings. The van der Waals surface area contributed by atoms with Crippen LogP contribution in [0.1, 0.15) is 24.5 Å². The quantitative estimate of drug-likeness (QED) is 0.630. The monoisotopic (exact) mass is 422 g/mol. The number of carbonyl (C=O) groups is 1. The summed E-state index contributed by atoms with van der Waals surface area (Å²) >= 11 is 0. The van der Waals surface area contributed by atoms with E-state index in [-0.39, 0.29) is 25.3 Å². The minimum Gasteiger partial charge on any atom is -0.492 e. The topological polar surface area (TPSA) is 75.7 Å². The van der Waals surface area contributed by atoms with Crippen LogP contribution in [0.3, 0.4) is 0 Å². The minimum absolute atomic E-state index is 0.225. The molecule has 0 aliphatic heterocycles. The third-order valence-corrected chi connectivity index (χ3v) is 5.74. The van der Waals surface area contributed by atoms with Crippen molar-refractivity contribution >= 4 is 21.6 Å². The van der Waals surface area contributed by atoms with Crippen LogP contribution in [0, 0.1) is 19.7 Å². The van der Waals surface area contributed by atoms with E-state index in [1.54, 1.807) is 6.92 Å². The number of benzene rings is 2. The fourth-order valence-electron chi connectivity index (χ4n) is 2.91. The number of nitrogens with one attached hydrogen (secondary N) is 1. The zero-order valence-electron chi connectivity index (χ0n) is 17.1. The van der Waals surface area contributed by atoms with Gasteiger partial charge in [0.25, 0.3) is 0 Å². The first-order chi connectivity index (χ1) is 13.6. The molecule has 2 aromatic carbocycles. The molecule has 0 aliphatic carbocycles. The van der Waals surface area contributed by atoms with Gasteiger partial charge in [0.15, 0.2) is 0 Å². The fraction of sp³-hybridized carbons (Fsp3) is 0.381. The third kappa shape index (κ3) is 6.19. The highest BCUT2D eigenvalue weighted by molar-refractivity contribution is 7.92. The van der Waals surface area contributed by atoms with E-state index in [1.165, 1.54) is 12.1 Å². The van der Waals surface area contributed by atoms with Gasteiger partial charge >= 0.3 is 0 Å². The predicted molar refractivity (Wildman–Crippen MR) is 112 cm³/mol. The summed E-state index contributed by atoms with van der Waals surface area (Å²) in [5, 5.41) is 2.72. The summed E-state index contributed by atoms with van der Waals surface area (Å²) in [6.45, 7) is 6.20. The lowest BCUT2D eigenvalue weighted by Gasteiger charge is -2.30. The summed E-state index contributed by atoms with van der Waals surface area (Å²) in [4.78, 5) is 12.7. The summed E-state index contributed by atoms with van der Waals surface area (Å²) in [6, 6.07) is 9.81. The van der Waals surface area contributed by atoms with Crippen LogP contribution in [-0.4, -0.2) is 39.8 Å². The SMILES string of the molecule is CCC(C(=O)NCCOc1ccc(C)c(C)c1)N(c1ccc(F)cc1)S(C)(=O)=O. The van der Waals surface area contributed by atoms with Crippen LogP contribution in [0.4, 0.5) is 10.1 Å². The number of hydrogen-bond acceptors (Lipinski definition) is 4. The smallest absolute Gasteiger partial charge is 0.244 e. The summed E-state index contributed by atoms with van der Waals surface area (Å²) in [5.41, 5.74) is 2.51. The van der Waals surface area contributed by atoms with E-state index in [0.29, 0.717) is 5.75 Å². The van der Waals surface area contributed by atoms with E-state index in [1.807, 2.05) is 32.0 Å². The molecule has 0 bridgehead atoms. The van der Waals surface area contributed by atoms with Gasteiger partial charge in [0.1, 0.15) is 24.2 Å². The van der Waals surface area contributed by atoms with E-state index in [0.717, 1.165) is 33.8 Å². The molecular weight excluding hydrogens is 395 g/mol. The Morgan fingerprint density at radius 2 is 1.79 bits per heavy atom. The van der Waals surface area contributed by atoms with Crippen molar-refractivity contribution in [3.8, 4) is 5.75 Å². The number of rotatable bonds is 9. The Hall–Kier alpha value is -2.61. The first-order valence-electron chi connectivity index (χ1n) is 9.36. The third-order valence-electron chi connectivity index (χ3n) is 4.56. The number of carbonyl (C=O) groups excluding carboxylic acids is 1. The van der Waals surface area contributed by atoms with Crippen LogP contribution in [-0.2, 0) is 14.8 Å². The van der Waals surface area contributed by atoms with Crippen LogP contribution in [0.5, 0.6) is 5.75 Å². The maximum absolute atomic E-state index is 13.2. The summed E-state index contributed by atoms with van der Waals surface area (Å²) in [6.07, 6.45) is 1.28. The lowest BCUT2D eigenvalue weighted by molar-refractivity contribution is -0.122. The van der Waals surface area contributed by atoms with E-state index < -0.39 is 27.8 Å². The Morgan fingerprint density at radius 3 is 2.34 bits per heavy atom. The van der Waals surface area contributed by atoms with Crippen molar-refractivity contribution in [2.45, 2.75) is 33.2 Å². The van der Waals surface area contributed by atoms with Crippen LogP contribution in [0.15, 0.2) is 42.5 Å². The van der Waals surface area contributed by atoms with Gasteiger partial charge in [-0.3, -0.25) is 9.10 Å². The Bertz CT molecular complexity index is 946. The molecule has 0 spiro atoms. The Morgan fingerprint density at radius 1 is 1.14 bits per heavy atom. The van der Waals surface area contributed by atoms with Crippen molar-refractivity contribution < 1.29 is 22.3 Å². The van der Waals surface area contributed by atoms with Gasteiger partial charge in [-0.05, 0) is 67.8 Å². The van der Waals surface area contributed by atoms with Crippen molar-refractivity contribution in [3.63, 3.8) is 0 Å². The molecular formula is C21H27FN2O4S. The number of nitrogens with zero attached hydrogens (tertiary/aromatic N) is 1. The molecule has 8 heteroatoms. The van der Waals surface area contributed by atoms with Gasteiger partial charge in [0.05, 0.1) is 18.5 Å². The molecule has 158 valence electrons. The Balaban J connectivity index is 2.03. The average Bonchev–Trinajstić information content (AvgIpc) is 2.66. The van der Waals surface area contributed by atoms with Gasteiger partial charge in [-0.1, -0.05) is 13.0 Å². The van der Waals surface area contributed by atoms with E-state index >= 15 is 0 Å². The molecule has 1 atom stereocenters. The second kappa shape index (κ2) is 9.73. The zero-order valence-corrected chi connectivity index (χ0v) is 17.9. The van der Waals surface area contributed by atoms with E-state index in [9.17, 15) is 17.6 Å². The lowest BCUT2D eigenvalue weighted by atomic mass is 10.1. The van der Waals surface area contributed by atoms with Gasteiger partial charge < -0.3 is 10.1 Å². The molecule has 2 rings (SSSR count). The molecule has 2 aromatic rings. The number of sulfonamides is 1. The van der Waals surface area contributed by atoms with Crippen molar-refractivity contribution in [1.82, 2.24) is 5.32 Å². The number of ether oxygens (including phenoxy) is 1. The largest absolute Gasteiger partial charge is 0.492 e. The molecule has 0 aromatic heterocycles. The summed E-state index contributed by atoms with van der Waals surface area (Å²) < 4.78 is 44.5. The number of aryl methyl sites for hydroxylation is 2. The molecule has 0 fully saturated rings. The first-order valence-corrected chi connectivity index (χ1v) is 11.2. The van der Waals surface area contributed by atoms with Crippen molar-refractivity contribution in [2.75, 3.05) is 23.7 Å². The zero-order chi connectivity index (χ0) is 21.6. The summed E-state index contributed by atoms with van der Waals surface area (Å²) in [7, 11) is -3.75. The standard InChI is InChI=1S/C21H27FN2O4S/c1-5-20(24(29(4,26)27)18-9-7-17(22)8-10-18)21(25)23-12-13-28-19-11-6-15(2)16(3)14-19/h6-11,14,20H,5,12-13H2,1-4H3,(H,23,25). The number of halogens is 1. The minimum atomic E-state index is -3.75. The van der Waals surface area contributed by atoms with E-state index in [2.05, 4.69) is 5.32 Å². The van der Waals surface area contributed by atoms with Crippen molar-refractivity contribution in [2.24, 2.45) is 0 Å². The first kappa shape index (κ1) is 22.7. The van der Waals surface area contributed by atoms with Crippen LogP contribution in [0.25, 0.3) is 0 Å². The molecule has 0 saturated carbocycles. The predicted octanol–water partition coefficient (Wildman–Crippen LogP) is 3.18. The molecule has 6 nitrogen and oxygen atoms in total. The van der Waals surface area contributed by atoms with Crippen molar-refractivity contribution in [3.05, 3.63) is 59.4 Å².